The average molecular weight is 423 g/mol. The summed E-state index contributed by atoms with van der Waals surface area (Å²) < 4.78 is 21.1. The van der Waals surface area contributed by atoms with Crippen molar-refractivity contribution in [3.05, 3.63) is 60.2 Å². The highest BCUT2D eigenvalue weighted by Crippen LogP contribution is 2.38. The fourth-order valence-corrected chi connectivity index (χ4v) is 3.27. The van der Waals surface area contributed by atoms with Crippen LogP contribution in [0, 0.1) is 0 Å². The molecule has 3 aromatic rings. The van der Waals surface area contributed by atoms with Crippen LogP contribution in [0.3, 0.4) is 0 Å². The summed E-state index contributed by atoms with van der Waals surface area (Å²) in [6.45, 7) is -0.350. The molecule has 0 bridgehead atoms. The maximum atomic E-state index is 12.2. The largest absolute Gasteiger partial charge is 0.493 e. The summed E-state index contributed by atoms with van der Waals surface area (Å²) in [5.41, 5.74) is 1.50. The lowest BCUT2D eigenvalue weighted by atomic mass is 10.1. The maximum absolute atomic E-state index is 12.2. The van der Waals surface area contributed by atoms with Crippen molar-refractivity contribution in [1.82, 2.24) is 0 Å². The van der Waals surface area contributed by atoms with Gasteiger partial charge in [-0.05, 0) is 35.6 Å². The van der Waals surface area contributed by atoms with Gasteiger partial charge in [-0.25, -0.2) is 0 Å². The Bertz CT molecular complexity index is 1050. The molecule has 31 heavy (non-hydrogen) atoms. The van der Waals surface area contributed by atoms with Crippen molar-refractivity contribution in [2.75, 3.05) is 33.3 Å². The van der Waals surface area contributed by atoms with E-state index in [4.69, 9.17) is 18.9 Å². The second kappa shape index (κ2) is 10.3. The first kappa shape index (κ1) is 22.0. The Hall–Kier alpha value is -3.74. The predicted octanol–water partition coefficient (Wildman–Crippen LogP) is 3.98. The van der Waals surface area contributed by atoms with Gasteiger partial charge in [0.25, 0.3) is 5.91 Å². The van der Waals surface area contributed by atoms with E-state index in [1.165, 1.54) is 21.3 Å². The molecule has 1 N–H and O–H groups in total. The maximum Gasteiger partial charge on any atom is 0.306 e. The summed E-state index contributed by atoms with van der Waals surface area (Å²) in [7, 11) is 4.59. The molecule has 0 spiro atoms. The third-order valence-corrected chi connectivity index (χ3v) is 4.77. The van der Waals surface area contributed by atoms with E-state index in [1.807, 2.05) is 42.5 Å². The molecule has 7 nitrogen and oxygen atoms in total. The molecule has 162 valence electrons. The Morgan fingerprint density at radius 1 is 0.871 bits per heavy atom. The number of carbonyl (C=O) groups is 2. The number of methoxy groups -OCH3 is 3. The van der Waals surface area contributed by atoms with Crippen LogP contribution in [0.4, 0.5) is 5.69 Å². The predicted molar refractivity (Wildman–Crippen MR) is 118 cm³/mol. The fourth-order valence-electron chi connectivity index (χ4n) is 3.27. The number of benzene rings is 3. The molecule has 7 heteroatoms. The Labute approximate surface area is 180 Å². The molecule has 0 aliphatic carbocycles. The van der Waals surface area contributed by atoms with E-state index in [9.17, 15) is 9.59 Å². The lowest BCUT2D eigenvalue weighted by Crippen LogP contribution is -2.21. The monoisotopic (exact) mass is 423 g/mol. The molecule has 0 saturated carbocycles. The molecule has 0 unspecified atom stereocenters. The SMILES string of the molecule is COc1cc(CCC(=O)OCC(=O)Nc2cccc3ccccc23)cc(OC)c1OC. The van der Waals surface area contributed by atoms with Crippen LogP contribution in [0.1, 0.15) is 12.0 Å². The number of carbonyl (C=O) groups excluding carboxylic acids is 2. The Morgan fingerprint density at radius 2 is 1.55 bits per heavy atom. The summed E-state index contributed by atoms with van der Waals surface area (Å²) in [6.07, 6.45) is 0.515. The van der Waals surface area contributed by atoms with Crippen molar-refractivity contribution >= 4 is 28.3 Å². The van der Waals surface area contributed by atoms with Crippen LogP contribution >= 0.6 is 0 Å². The highest BCUT2D eigenvalue weighted by molar-refractivity contribution is 6.02. The molecule has 0 aliphatic rings. The highest BCUT2D eigenvalue weighted by atomic mass is 16.5. The summed E-state index contributed by atoms with van der Waals surface area (Å²) in [5.74, 6) is 0.653. The van der Waals surface area contributed by atoms with E-state index in [1.54, 1.807) is 12.1 Å². The minimum atomic E-state index is -0.471. The van der Waals surface area contributed by atoms with Crippen LogP contribution in [-0.4, -0.2) is 39.8 Å². The molecule has 1 amide bonds. The number of hydrogen-bond acceptors (Lipinski definition) is 6. The molecule has 0 aromatic heterocycles. The van der Waals surface area contributed by atoms with Gasteiger partial charge in [0.05, 0.1) is 21.3 Å². The van der Waals surface area contributed by atoms with Gasteiger partial charge < -0.3 is 24.3 Å². The number of hydrogen-bond donors (Lipinski definition) is 1. The molecule has 0 atom stereocenters. The Kier molecular flexibility index (Phi) is 7.32. The number of esters is 1. The topological polar surface area (TPSA) is 83.1 Å². The summed E-state index contributed by atoms with van der Waals surface area (Å²) in [6, 6.07) is 16.9. The van der Waals surface area contributed by atoms with Crippen molar-refractivity contribution < 1.29 is 28.5 Å². The highest BCUT2D eigenvalue weighted by Gasteiger charge is 2.15. The normalized spacial score (nSPS) is 10.4. The number of fused-ring (bicyclic) bond motifs is 1. The molecule has 0 saturated heterocycles. The second-order valence-electron chi connectivity index (χ2n) is 6.77. The van der Waals surface area contributed by atoms with Gasteiger partial charge in [0.15, 0.2) is 18.1 Å². The summed E-state index contributed by atoms with van der Waals surface area (Å²) >= 11 is 0. The third kappa shape index (κ3) is 5.45. The van der Waals surface area contributed by atoms with Gasteiger partial charge in [-0.1, -0.05) is 36.4 Å². The zero-order chi connectivity index (χ0) is 22.2. The van der Waals surface area contributed by atoms with Crippen molar-refractivity contribution in [2.24, 2.45) is 0 Å². The second-order valence-corrected chi connectivity index (χ2v) is 6.77. The van der Waals surface area contributed by atoms with Crippen molar-refractivity contribution in [2.45, 2.75) is 12.8 Å². The zero-order valence-corrected chi connectivity index (χ0v) is 17.8. The van der Waals surface area contributed by atoms with Gasteiger partial charge in [-0.15, -0.1) is 0 Å². The van der Waals surface area contributed by atoms with Crippen molar-refractivity contribution in [3.63, 3.8) is 0 Å². The van der Waals surface area contributed by atoms with E-state index in [-0.39, 0.29) is 13.0 Å². The third-order valence-electron chi connectivity index (χ3n) is 4.77. The van der Waals surface area contributed by atoms with Crippen molar-refractivity contribution in [3.8, 4) is 17.2 Å². The minimum absolute atomic E-state index is 0.111. The van der Waals surface area contributed by atoms with Crippen LogP contribution < -0.4 is 19.5 Å². The fraction of sp³-hybridized carbons (Fsp3) is 0.250. The van der Waals surface area contributed by atoms with Crippen LogP contribution in [0.15, 0.2) is 54.6 Å². The van der Waals surface area contributed by atoms with Gasteiger partial charge in [-0.2, -0.15) is 0 Å². The summed E-state index contributed by atoms with van der Waals surface area (Å²) in [5, 5.41) is 4.73. The molecular formula is C24H25NO6. The van der Waals surface area contributed by atoms with Crippen LogP contribution in [-0.2, 0) is 20.7 Å². The van der Waals surface area contributed by atoms with Gasteiger partial charge in [-0.3, -0.25) is 9.59 Å². The van der Waals surface area contributed by atoms with E-state index < -0.39 is 11.9 Å². The Balaban J connectivity index is 1.54. The van der Waals surface area contributed by atoms with Gasteiger partial charge in [0, 0.05) is 17.5 Å². The first-order chi connectivity index (χ1) is 15.0. The van der Waals surface area contributed by atoms with Crippen LogP contribution in [0.5, 0.6) is 17.2 Å². The number of anilines is 1. The average Bonchev–Trinajstić information content (AvgIpc) is 2.80. The first-order valence-corrected chi connectivity index (χ1v) is 9.77. The number of ether oxygens (including phenoxy) is 4. The summed E-state index contributed by atoms with van der Waals surface area (Å²) in [4.78, 5) is 24.4. The number of nitrogens with one attached hydrogen (secondary N) is 1. The number of aryl methyl sites for hydroxylation is 1. The molecular weight excluding hydrogens is 398 g/mol. The van der Waals surface area contributed by atoms with E-state index >= 15 is 0 Å². The molecule has 0 fully saturated rings. The number of rotatable bonds is 9. The molecule has 0 heterocycles. The molecule has 3 aromatic carbocycles. The lowest BCUT2D eigenvalue weighted by Gasteiger charge is -2.14. The van der Waals surface area contributed by atoms with Crippen molar-refractivity contribution in [1.29, 1.82) is 0 Å². The van der Waals surface area contributed by atoms with Crippen LogP contribution in [0.25, 0.3) is 10.8 Å². The molecule has 0 aliphatic heterocycles. The van der Waals surface area contributed by atoms with Gasteiger partial charge >= 0.3 is 5.97 Å². The first-order valence-electron chi connectivity index (χ1n) is 9.77. The number of amides is 1. The quantitative estimate of drug-likeness (QED) is 0.524. The van der Waals surface area contributed by atoms with Crippen LogP contribution in [0.2, 0.25) is 0 Å². The van der Waals surface area contributed by atoms with Gasteiger partial charge in [0.1, 0.15) is 0 Å². The van der Waals surface area contributed by atoms with E-state index in [0.29, 0.717) is 29.4 Å². The Morgan fingerprint density at radius 3 is 2.23 bits per heavy atom. The molecule has 0 radical (unpaired) electrons. The van der Waals surface area contributed by atoms with Gasteiger partial charge in [0.2, 0.25) is 5.75 Å². The zero-order valence-electron chi connectivity index (χ0n) is 17.8. The molecule has 3 rings (SSSR count). The standard InChI is InChI=1S/C24H25NO6/c1-28-20-13-16(14-21(29-2)24(20)30-3)11-12-23(27)31-15-22(26)25-19-10-6-8-17-7-4-5-9-18(17)19/h4-10,13-14H,11-12,15H2,1-3H3,(H,25,26). The van der Waals surface area contributed by atoms with E-state index in [2.05, 4.69) is 5.32 Å². The smallest absolute Gasteiger partial charge is 0.306 e. The minimum Gasteiger partial charge on any atom is -0.493 e. The van der Waals surface area contributed by atoms with E-state index in [0.717, 1.165) is 16.3 Å². The lowest BCUT2D eigenvalue weighted by molar-refractivity contribution is -0.147.